The first kappa shape index (κ1) is 37.8. The molecule has 0 radical (unpaired) electrons. The molecule has 3 heterocycles. The van der Waals surface area contributed by atoms with Crippen LogP contribution in [-0.4, -0.2) is 8.80 Å². The Bertz CT molecular complexity index is 4190. The van der Waals surface area contributed by atoms with Crippen LogP contribution in [0.3, 0.4) is 0 Å². The number of benzene rings is 9. The Labute approximate surface area is 394 Å². The summed E-state index contributed by atoms with van der Waals surface area (Å²) in [6.07, 6.45) is 8.94. The van der Waals surface area contributed by atoms with Crippen LogP contribution in [0.5, 0.6) is 0 Å². The Kier molecular flexibility index (Phi) is 7.84. The third-order valence-electron chi connectivity index (χ3n) is 15.6. The third kappa shape index (κ3) is 5.15. The van der Waals surface area contributed by atoms with Gasteiger partial charge in [-0.05, 0) is 162 Å². The van der Waals surface area contributed by atoms with E-state index in [1.165, 1.54) is 139 Å². The van der Waals surface area contributed by atoms with Crippen molar-refractivity contribution in [2.45, 2.75) is 39.5 Å². The number of fused-ring (bicyclic) bond motifs is 13. The van der Waals surface area contributed by atoms with Gasteiger partial charge in [-0.15, -0.1) is 0 Å². The van der Waals surface area contributed by atoms with Crippen molar-refractivity contribution in [3.63, 3.8) is 0 Å². The molecule has 0 fully saturated rings. The van der Waals surface area contributed by atoms with Gasteiger partial charge in [0.15, 0.2) is 0 Å². The van der Waals surface area contributed by atoms with Gasteiger partial charge < -0.3 is 18.6 Å². The van der Waals surface area contributed by atoms with Crippen molar-refractivity contribution < 1.29 is 0 Å². The van der Waals surface area contributed by atoms with E-state index in [4.69, 9.17) is 0 Å². The number of anilines is 6. The first-order valence-electron chi connectivity index (χ1n) is 24.2. The second-order valence-electron chi connectivity index (χ2n) is 19.3. The van der Waals surface area contributed by atoms with E-state index in [0.29, 0.717) is 0 Å². The third-order valence-corrected chi connectivity index (χ3v) is 15.6. The molecule has 0 aliphatic heterocycles. The lowest BCUT2D eigenvalue weighted by Gasteiger charge is -2.29. The summed E-state index contributed by atoms with van der Waals surface area (Å²) in [4.78, 5) is 5.06. The minimum absolute atomic E-state index is 0.939. The molecule has 0 saturated heterocycles. The molecule has 4 heteroatoms. The van der Waals surface area contributed by atoms with E-state index >= 15 is 0 Å². The smallest absolute Gasteiger partial charge is 0.0804 e. The maximum atomic E-state index is 2.57. The number of hydrogen-bond acceptors (Lipinski definition) is 2. The highest BCUT2D eigenvalue weighted by Gasteiger charge is 2.30. The van der Waals surface area contributed by atoms with Gasteiger partial charge in [0, 0.05) is 44.3 Å². The zero-order valence-electron chi connectivity index (χ0n) is 38.1. The van der Waals surface area contributed by atoms with E-state index in [9.17, 15) is 0 Å². The summed E-state index contributed by atoms with van der Waals surface area (Å²) >= 11 is 0. The van der Waals surface area contributed by atoms with Gasteiger partial charge in [0.2, 0.25) is 0 Å². The minimum Gasteiger partial charge on any atom is -0.310 e. The second kappa shape index (κ2) is 14.1. The topological polar surface area (TPSA) is 15.3 Å². The molecule has 0 bridgehead atoms. The number of rotatable bonds is 6. The molecule has 0 N–H and O–H groups in total. The molecule has 4 nitrogen and oxygen atoms in total. The molecule has 0 unspecified atom stereocenters. The SMILES string of the molecule is Cc1ccccc1N(c1ccc2c(c1)CC1=C2C=CCC1)c1ccc2c3c1c1ccccc1n3c1ccc(N(c3ccc4c(c3)Cc3ccccc3-4)c3ccccc3C)c3c4ccccc4n2c31. The van der Waals surface area contributed by atoms with Crippen molar-refractivity contribution in [2.75, 3.05) is 9.80 Å². The lowest BCUT2D eigenvalue weighted by molar-refractivity contribution is 0.935. The van der Waals surface area contributed by atoms with E-state index in [0.717, 1.165) is 25.7 Å². The van der Waals surface area contributed by atoms with Crippen LogP contribution in [0.15, 0.2) is 200 Å². The van der Waals surface area contributed by atoms with Gasteiger partial charge in [0.25, 0.3) is 0 Å². The molecule has 3 aliphatic carbocycles. The number of aromatic nitrogens is 2. The Balaban J connectivity index is 1.02. The molecule has 15 rings (SSSR count). The fourth-order valence-corrected chi connectivity index (χ4v) is 12.6. The van der Waals surface area contributed by atoms with E-state index in [2.05, 4.69) is 227 Å². The van der Waals surface area contributed by atoms with Crippen molar-refractivity contribution in [2.24, 2.45) is 0 Å². The number of hydrogen-bond donors (Lipinski definition) is 0. The maximum absolute atomic E-state index is 2.57. The quantitative estimate of drug-likeness (QED) is 0.155. The van der Waals surface area contributed by atoms with Crippen molar-refractivity contribution in [1.82, 2.24) is 8.80 Å². The minimum atomic E-state index is 0.939. The van der Waals surface area contributed by atoms with Gasteiger partial charge in [-0.2, -0.15) is 0 Å². The standard InChI is InChI=1S/C64H46N4/c1-39-15-3-11-23-53(39)65(45-27-29-49-43(37-45)35-41-17-5-7-19-47(41)49)57-31-33-59-63-61(57)51-21-9-13-25-55(51)67(63)60-34-32-58(62-52-22-10-14-26-56(52)68(59)64(60)62)66(54-24-12-4-16-40(54)2)46-28-30-50-44(38-46)36-42-18-6-8-20-48(42)50/h3-5,7-17,19-34,37-38H,6,18,35-36H2,1-2H3. The summed E-state index contributed by atoms with van der Waals surface area (Å²) in [6, 6.07) is 68.7. The van der Waals surface area contributed by atoms with Crippen LogP contribution in [0.1, 0.15) is 46.2 Å². The average Bonchev–Trinajstić information content (AvgIpc) is 4.14. The van der Waals surface area contributed by atoms with Gasteiger partial charge in [-0.1, -0.05) is 127 Å². The van der Waals surface area contributed by atoms with Gasteiger partial charge in [-0.3, -0.25) is 0 Å². The molecule has 0 spiro atoms. The number of allylic oxidation sites excluding steroid dienone is 4. The molecule has 3 aliphatic rings. The molecule has 0 atom stereocenters. The Morgan fingerprint density at radius 2 is 0.926 bits per heavy atom. The van der Waals surface area contributed by atoms with Gasteiger partial charge in [-0.25, -0.2) is 0 Å². The number of aryl methyl sites for hydroxylation is 2. The summed E-state index contributed by atoms with van der Waals surface area (Å²) < 4.78 is 5.14. The molecular formula is C64H46N4. The fraction of sp³-hybridized carbons (Fsp3) is 0.0938. The van der Waals surface area contributed by atoms with Crippen molar-refractivity contribution >= 4 is 94.3 Å². The van der Waals surface area contributed by atoms with Crippen LogP contribution in [0.4, 0.5) is 34.1 Å². The summed E-state index contributed by atoms with van der Waals surface area (Å²) in [6.45, 7) is 4.49. The first-order valence-corrected chi connectivity index (χ1v) is 24.2. The molecular weight excluding hydrogens is 825 g/mol. The van der Waals surface area contributed by atoms with E-state index in [1.807, 2.05) is 0 Å². The molecule has 3 aromatic heterocycles. The number of para-hydroxylation sites is 4. The predicted molar refractivity (Wildman–Crippen MR) is 286 cm³/mol. The lowest BCUT2D eigenvalue weighted by Crippen LogP contribution is -2.13. The monoisotopic (exact) mass is 870 g/mol. The van der Waals surface area contributed by atoms with Crippen LogP contribution in [0.25, 0.3) is 71.3 Å². The summed E-state index contributed by atoms with van der Waals surface area (Å²) in [5, 5.41) is 4.99. The second-order valence-corrected chi connectivity index (χ2v) is 19.3. The van der Waals surface area contributed by atoms with Crippen LogP contribution in [0, 0.1) is 13.8 Å². The zero-order valence-corrected chi connectivity index (χ0v) is 38.1. The van der Waals surface area contributed by atoms with E-state index < -0.39 is 0 Å². The molecule has 0 saturated carbocycles. The number of nitrogens with zero attached hydrogens (tertiary/aromatic N) is 4. The predicted octanol–water partition coefficient (Wildman–Crippen LogP) is 17.0. The molecule has 68 heavy (non-hydrogen) atoms. The molecule has 12 aromatic rings. The highest BCUT2D eigenvalue weighted by molar-refractivity contribution is 6.27. The first-order chi connectivity index (χ1) is 33.6. The van der Waals surface area contributed by atoms with Crippen LogP contribution >= 0.6 is 0 Å². The van der Waals surface area contributed by atoms with Crippen LogP contribution < -0.4 is 9.80 Å². The van der Waals surface area contributed by atoms with Gasteiger partial charge in [0.1, 0.15) is 0 Å². The summed E-state index contributed by atoms with van der Waals surface area (Å²) in [5.41, 5.74) is 28.1. The normalized spacial score (nSPS) is 14.0. The Morgan fingerprint density at radius 3 is 1.54 bits per heavy atom. The summed E-state index contributed by atoms with van der Waals surface area (Å²) in [7, 11) is 0. The Hall–Kier alpha value is -8.34. The van der Waals surface area contributed by atoms with Crippen molar-refractivity contribution in [1.29, 1.82) is 0 Å². The molecule has 0 amide bonds. The lowest BCUT2D eigenvalue weighted by atomic mass is 9.98. The van der Waals surface area contributed by atoms with Crippen molar-refractivity contribution in [3.05, 3.63) is 233 Å². The average molecular weight is 871 g/mol. The highest BCUT2D eigenvalue weighted by Crippen LogP contribution is 2.52. The maximum Gasteiger partial charge on any atom is 0.0804 e. The van der Waals surface area contributed by atoms with Crippen LogP contribution in [-0.2, 0) is 12.8 Å². The van der Waals surface area contributed by atoms with Gasteiger partial charge >= 0.3 is 0 Å². The zero-order chi connectivity index (χ0) is 44.8. The molecule has 322 valence electrons. The fourth-order valence-electron chi connectivity index (χ4n) is 12.6. The van der Waals surface area contributed by atoms with Crippen LogP contribution in [0.2, 0.25) is 0 Å². The summed E-state index contributed by atoms with van der Waals surface area (Å²) in [5.74, 6) is 0. The highest BCUT2D eigenvalue weighted by atomic mass is 15.2. The molecule has 9 aromatic carbocycles. The largest absolute Gasteiger partial charge is 0.310 e. The van der Waals surface area contributed by atoms with E-state index in [-0.39, 0.29) is 0 Å². The van der Waals surface area contributed by atoms with Gasteiger partial charge in [0.05, 0.1) is 44.5 Å². The van der Waals surface area contributed by atoms with E-state index in [1.54, 1.807) is 5.57 Å². The Morgan fingerprint density at radius 1 is 0.412 bits per heavy atom. The van der Waals surface area contributed by atoms with Crippen molar-refractivity contribution in [3.8, 4) is 11.1 Å².